The van der Waals surface area contributed by atoms with Crippen LogP contribution < -0.4 is 5.73 Å². The van der Waals surface area contributed by atoms with Crippen molar-refractivity contribution < 1.29 is 4.21 Å². The quantitative estimate of drug-likeness (QED) is 0.876. The summed E-state index contributed by atoms with van der Waals surface area (Å²) in [4.78, 5) is 0. The summed E-state index contributed by atoms with van der Waals surface area (Å²) in [5.74, 6) is 1.14. The highest BCUT2D eigenvalue weighted by atomic mass is 32.2. The van der Waals surface area contributed by atoms with Crippen LogP contribution in [0, 0.1) is 13.8 Å². The van der Waals surface area contributed by atoms with Gasteiger partial charge in [0.1, 0.15) is 0 Å². The van der Waals surface area contributed by atoms with Crippen molar-refractivity contribution in [3.05, 3.63) is 34.9 Å². The predicted octanol–water partition coefficient (Wildman–Crippen LogP) is 2.29. The molecule has 1 rings (SSSR count). The normalized spacial score (nSPS) is 13.8. The summed E-state index contributed by atoms with van der Waals surface area (Å²) < 4.78 is 11.9. The molecule has 0 radical (unpaired) electrons. The number of benzene rings is 1. The van der Waals surface area contributed by atoms with Gasteiger partial charge in [0.05, 0.1) is 0 Å². The largest absolute Gasteiger partial charge is 0.325 e. The maximum absolute atomic E-state index is 11.9. The zero-order valence-corrected chi connectivity index (χ0v) is 11.4. The molecular formula is C13H21NOS. The van der Waals surface area contributed by atoms with Crippen LogP contribution in [0.15, 0.2) is 18.2 Å². The summed E-state index contributed by atoms with van der Waals surface area (Å²) in [6, 6.07) is 6.31. The second-order valence-electron chi connectivity index (χ2n) is 5.21. The molecular weight excluding hydrogens is 218 g/mol. The highest BCUT2D eigenvalue weighted by molar-refractivity contribution is 7.84. The smallest absolute Gasteiger partial charge is 0.0486 e. The van der Waals surface area contributed by atoms with E-state index < -0.39 is 10.8 Å². The molecule has 0 saturated heterocycles. The molecule has 1 aromatic rings. The van der Waals surface area contributed by atoms with Crippen molar-refractivity contribution in [1.82, 2.24) is 0 Å². The molecule has 0 saturated carbocycles. The third kappa shape index (κ3) is 4.90. The van der Waals surface area contributed by atoms with E-state index in [-0.39, 0.29) is 5.54 Å². The van der Waals surface area contributed by atoms with Crippen LogP contribution in [0.4, 0.5) is 0 Å². The van der Waals surface area contributed by atoms with E-state index in [1.165, 1.54) is 11.1 Å². The van der Waals surface area contributed by atoms with Crippen LogP contribution in [0.1, 0.15) is 30.5 Å². The van der Waals surface area contributed by atoms with E-state index in [1.807, 2.05) is 13.8 Å². The third-order valence-corrected chi connectivity index (χ3v) is 3.86. The topological polar surface area (TPSA) is 43.1 Å². The van der Waals surface area contributed by atoms with Gasteiger partial charge in [0.25, 0.3) is 0 Å². The number of aryl methyl sites for hydroxylation is 2. The highest BCUT2D eigenvalue weighted by Crippen LogP contribution is 2.12. The van der Waals surface area contributed by atoms with Gasteiger partial charge in [0.15, 0.2) is 0 Å². The second-order valence-corrected chi connectivity index (χ2v) is 6.67. The Morgan fingerprint density at radius 1 is 1.19 bits per heavy atom. The maximum atomic E-state index is 11.9. The van der Waals surface area contributed by atoms with Gasteiger partial charge >= 0.3 is 0 Å². The molecule has 0 aromatic heterocycles. The minimum atomic E-state index is -0.882. The molecule has 1 aromatic carbocycles. The lowest BCUT2D eigenvalue weighted by molar-refractivity contribution is 0.577. The van der Waals surface area contributed by atoms with Gasteiger partial charge in [-0.05, 0) is 33.3 Å². The summed E-state index contributed by atoms with van der Waals surface area (Å²) in [6.07, 6.45) is 0. The summed E-state index contributed by atoms with van der Waals surface area (Å²) in [7, 11) is -0.882. The lowest BCUT2D eigenvalue weighted by Crippen LogP contribution is -2.38. The van der Waals surface area contributed by atoms with E-state index in [2.05, 4.69) is 32.0 Å². The van der Waals surface area contributed by atoms with E-state index in [9.17, 15) is 4.21 Å². The fraction of sp³-hybridized carbons (Fsp3) is 0.538. The van der Waals surface area contributed by atoms with Gasteiger partial charge in [0, 0.05) is 27.8 Å². The van der Waals surface area contributed by atoms with Crippen molar-refractivity contribution >= 4 is 10.8 Å². The van der Waals surface area contributed by atoms with Crippen molar-refractivity contribution in [1.29, 1.82) is 0 Å². The summed E-state index contributed by atoms with van der Waals surface area (Å²) in [5.41, 5.74) is 9.08. The lowest BCUT2D eigenvalue weighted by Gasteiger charge is -2.17. The van der Waals surface area contributed by atoms with E-state index >= 15 is 0 Å². The molecule has 3 heteroatoms. The standard InChI is InChI=1S/C13H21NOS/c1-10-5-11(2)7-12(6-10)8-16(15)9-13(3,4)14/h5-7H,8-9,14H2,1-4H3. The van der Waals surface area contributed by atoms with Gasteiger partial charge in [0.2, 0.25) is 0 Å². The summed E-state index contributed by atoms with van der Waals surface area (Å²) in [6.45, 7) is 7.94. The lowest BCUT2D eigenvalue weighted by atomic mass is 10.1. The molecule has 2 N–H and O–H groups in total. The summed E-state index contributed by atoms with van der Waals surface area (Å²) in [5, 5.41) is 0. The molecule has 0 aliphatic carbocycles. The summed E-state index contributed by atoms with van der Waals surface area (Å²) >= 11 is 0. The van der Waals surface area contributed by atoms with Crippen molar-refractivity contribution in [3.8, 4) is 0 Å². The Labute approximate surface area is 101 Å². The van der Waals surface area contributed by atoms with Crippen molar-refractivity contribution in [2.24, 2.45) is 5.73 Å². The van der Waals surface area contributed by atoms with Gasteiger partial charge in [-0.15, -0.1) is 0 Å². The monoisotopic (exact) mass is 239 g/mol. The molecule has 0 heterocycles. The first kappa shape index (κ1) is 13.4. The molecule has 0 aliphatic rings. The Kier molecular flexibility index (Phi) is 4.28. The molecule has 90 valence electrons. The minimum absolute atomic E-state index is 0.357. The van der Waals surface area contributed by atoms with Gasteiger partial charge < -0.3 is 5.73 Å². The van der Waals surface area contributed by atoms with Gasteiger partial charge in [-0.2, -0.15) is 0 Å². The maximum Gasteiger partial charge on any atom is 0.0486 e. The van der Waals surface area contributed by atoms with Crippen molar-refractivity contribution in [2.75, 3.05) is 5.75 Å². The first-order valence-corrected chi connectivity index (χ1v) is 6.96. The fourth-order valence-corrected chi connectivity index (χ4v) is 3.27. The van der Waals surface area contributed by atoms with Crippen LogP contribution >= 0.6 is 0 Å². The zero-order valence-electron chi connectivity index (χ0n) is 10.5. The number of hydrogen-bond acceptors (Lipinski definition) is 2. The van der Waals surface area contributed by atoms with Gasteiger partial charge in [-0.25, -0.2) is 0 Å². The SMILES string of the molecule is Cc1cc(C)cc(CS(=O)CC(C)(C)N)c1. The Bertz CT molecular complexity index is 373. The average molecular weight is 239 g/mol. The van der Waals surface area contributed by atoms with Crippen molar-refractivity contribution in [2.45, 2.75) is 39.0 Å². The second kappa shape index (κ2) is 5.11. The van der Waals surface area contributed by atoms with E-state index in [1.54, 1.807) is 0 Å². The van der Waals surface area contributed by atoms with Crippen LogP contribution in [0.25, 0.3) is 0 Å². The molecule has 0 bridgehead atoms. The Morgan fingerprint density at radius 2 is 1.69 bits per heavy atom. The zero-order chi connectivity index (χ0) is 12.3. The predicted molar refractivity (Wildman–Crippen MR) is 70.9 cm³/mol. The van der Waals surface area contributed by atoms with E-state index in [0.717, 1.165) is 5.56 Å². The molecule has 0 aliphatic heterocycles. The molecule has 1 unspecified atom stereocenters. The minimum Gasteiger partial charge on any atom is -0.325 e. The Hall–Kier alpha value is -0.670. The first-order valence-electron chi connectivity index (χ1n) is 5.47. The van der Waals surface area contributed by atoms with Crippen LogP contribution in [-0.2, 0) is 16.6 Å². The van der Waals surface area contributed by atoms with Gasteiger partial charge in [-0.1, -0.05) is 29.3 Å². The Morgan fingerprint density at radius 3 is 2.12 bits per heavy atom. The van der Waals surface area contributed by atoms with Crippen LogP contribution in [-0.4, -0.2) is 15.5 Å². The Balaban J connectivity index is 2.70. The molecule has 16 heavy (non-hydrogen) atoms. The molecule has 0 fully saturated rings. The van der Waals surface area contributed by atoms with Crippen LogP contribution in [0.3, 0.4) is 0 Å². The molecule has 1 atom stereocenters. The van der Waals surface area contributed by atoms with Crippen LogP contribution in [0.5, 0.6) is 0 Å². The van der Waals surface area contributed by atoms with Crippen LogP contribution in [0.2, 0.25) is 0 Å². The van der Waals surface area contributed by atoms with Crippen molar-refractivity contribution in [3.63, 3.8) is 0 Å². The van der Waals surface area contributed by atoms with Gasteiger partial charge in [-0.3, -0.25) is 4.21 Å². The van der Waals surface area contributed by atoms with E-state index in [4.69, 9.17) is 5.73 Å². The molecule has 2 nitrogen and oxygen atoms in total. The highest BCUT2D eigenvalue weighted by Gasteiger charge is 2.15. The fourth-order valence-electron chi connectivity index (χ4n) is 1.80. The third-order valence-electron chi connectivity index (χ3n) is 2.14. The average Bonchev–Trinajstić information content (AvgIpc) is 1.96. The van der Waals surface area contributed by atoms with E-state index in [0.29, 0.717) is 11.5 Å². The first-order chi connectivity index (χ1) is 7.26. The number of hydrogen-bond donors (Lipinski definition) is 1. The molecule has 0 spiro atoms. The number of nitrogens with two attached hydrogens (primary N) is 1. The number of rotatable bonds is 4. The molecule has 0 amide bonds.